The molecule has 5 nitrogen and oxygen atoms in total. The van der Waals surface area contributed by atoms with Crippen molar-refractivity contribution in [2.75, 3.05) is 12.4 Å². The molecule has 2 aromatic rings. The van der Waals surface area contributed by atoms with Crippen LogP contribution in [0.4, 0.5) is 11.5 Å². The van der Waals surface area contributed by atoms with Gasteiger partial charge in [-0.15, -0.1) is 0 Å². The minimum Gasteiger partial charge on any atom is -0.495 e. The molecule has 1 aromatic heterocycles. The highest BCUT2D eigenvalue weighted by atomic mass is 79.9. The van der Waals surface area contributed by atoms with Crippen molar-refractivity contribution in [2.45, 2.75) is 19.8 Å². The molecule has 0 atom stereocenters. The Bertz CT molecular complexity index is 682. The Hall–Kier alpha value is -2.13. The highest BCUT2D eigenvalue weighted by Crippen LogP contribution is 2.30. The molecule has 0 aliphatic heterocycles. The van der Waals surface area contributed by atoms with Crippen LogP contribution in [-0.2, 0) is 6.42 Å². The van der Waals surface area contributed by atoms with Gasteiger partial charge in [-0.05, 0) is 34.5 Å². The van der Waals surface area contributed by atoms with Crippen LogP contribution in [0.15, 0.2) is 28.9 Å². The Morgan fingerprint density at radius 2 is 2.19 bits per heavy atom. The summed E-state index contributed by atoms with van der Waals surface area (Å²) in [6.07, 6.45) is 1.76. The molecule has 0 saturated carbocycles. The summed E-state index contributed by atoms with van der Waals surface area (Å²) in [5.41, 5.74) is 1.11. The monoisotopic (exact) mass is 346 g/mol. The van der Waals surface area contributed by atoms with E-state index in [0.717, 1.165) is 18.7 Å². The number of para-hydroxylation sites is 1. The van der Waals surface area contributed by atoms with Crippen molar-refractivity contribution in [1.29, 1.82) is 5.26 Å². The molecule has 0 aliphatic rings. The van der Waals surface area contributed by atoms with Gasteiger partial charge in [0.15, 0.2) is 0 Å². The summed E-state index contributed by atoms with van der Waals surface area (Å²) in [4.78, 5) is 8.77. The molecule has 108 valence electrons. The number of halogens is 1. The van der Waals surface area contributed by atoms with Gasteiger partial charge in [-0.2, -0.15) is 5.26 Å². The van der Waals surface area contributed by atoms with Crippen LogP contribution >= 0.6 is 15.9 Å². The summed E-state index contributed by atoms with van der Waals surface area (Å²) >= 11 is 3.38. The molecule has 21 heavy (non-hydrogen) atoms. The maximum Gasteiger partial charge on any atom is 0.143 e. The van der Waals surface area contributed by atoms with Crippen molar-refractivity contribution in [3.05, 3.63) is 40.3 Å². The third-order valence-electron chi connectivity index (χ3n) is 2.83. The van der Waals surface area contributed by atoms with Gasteiger partial charge >= 0.3 is 0 Å². The number of hydrogen-bond donors (Lipinski definition) is 1. The van der Waals surface area contributed by atoms with E-state index >= 15 is 0 Å². The van der Waals surface area contributed by atoms with Gasteiger partial charge in [-0.3, -0.25) is 0 Å². The SMILES string of the molecule is CCCc1nc(Br)cc(Nc2c(C#N)cccc2OC)n1. The summed E-state index contributed by atoms with van der Waals surface area (Å²) < 4.78 is 6.00. The second kappa shape index (κ2) is 7.04. The zero-order valence-electron chi connectivity index (χ0n) is 11.9. The van der Waals surface area contributed by atoms with Gasteiger partial charge in [0.05, 0.1) is 12.7 Å². The van der Waals surface area contributed by atoms with Crippen LogP contribution in [0.1, 0.15) is 24.7 Å². The Kier molecular flexibility index (Phi) is 5.12. The minimum absolute atomic E-state index is 0.501. The molecule has 0 saturated heterocycles. The third-order valence-corrected chi connectivity index (χ3v) is 3.24. The van der Waals surface area contributed by atoms with E-state index in [9.17, 15) is 5.26 Å². The largest absolute Gasteiger partial charge is 0.495 e. The Balaban J connectivity index is 2.40. The predicted octanol–water partition coefficient (Wildman–Crippen LogP) is 3.82. The number of benzene rings is 1. The van der Waals surface area contributed by atoms with Gasteiger partial charge in [-0.25, -0.2) is 9.97 Å². The van der Waals surface area contributed by atoms with Crippen molar-refractivity contribution in [3.63, 3.8) is 0 Å². The molecule has 6 heteroatoms. The highest BCUT2D eigenvalue weighted by Gasteiger charge is 2.11. The van der Waals surface area contributed by atoms with Crippen molar-refractivity contribution in [3.8, 4) is 11.8 Å². The van der Waals surface area contributed by atoms with E-state index in [1.54, 1.807) is 31.4 Å². The molecular weight excluding hydrogens is 332 g/mol. The quantitative estimate of drug-likeness (QED) is 0.833. The summed E-state index contributed by atoms with van der Waals surface area (Å²) in [5, 5.41) is 12.4. The number of ether oxygens (including phenoxy) is 1. The van der Waals surface area contributed by atoms with Crippen molar-refractivity contribution in [2.24, 2.45) is 0 Å². The van der Waals surface area contributed by atoms with E-state index in [-0.39, 0.29) is 0 Å². The molecule has 0 aliphatic carbocycles. The number of aromatic nitrogens is 2. The van der Waals surface area contributed by atoms with Gasteiger partial charge in [0.2, 0.25) is 0 Å². The predicted molar refractivity (Wildman–Crippen MR) is 84.7 cm³/mol. The first kappa shape index (κ1) is 15.3. The molecule has 1 heterocycles. The van der Waals surface area contributed by atoms with Gasteiger partial charge in [0.1, 0.15) is 33.8 Å². The first-order valence-corrected chi connectivity index (χ1v) is 7.34. The average Bonchev–Trinajstić information content (AvgIpc) is 2.47. The number of methoxy groups -OCH3 is 1. The second-order valence-corrected chi connectivity index (χ2v) is 5.17. The lowest BCUT2D eigenvalue weighted by atomic mass is 10.2. The number of nitriles is 1. The zero-order chi connectivity index (χ0) is 15.2. The molecule has 1 aromatic carbocycles. The van der Waals surface area contributed by atoms with Crippen LogP contribution in [0, 0.1) is 11.3 Å². The number of nitrogens with one attached hydrogen (secondary N) is 1. The van der Waals surface area contributed by atoms with E-state index in [4.69, 9.17) is 4.74 Å². The maximum atomic E-state index is 9.22. The molecular formula is C15H15BrN4O. The fraction of sp³-hybridized carbons (Fsp3) is 0.267. The molecule has 0 radical (unpaired) electrons. The van der Waals surface area contributed by atoms with Gasteiger partial charge < -0.3 is 10.1 Å². The van der Waals surface area contributed by atoms with Crippen molar-refractivity contribution < 1.29 is 4.74 Å². The maximum absolute atomic E-state index is 9.22. The van der Waals surface area contributed by atoms with E-state index in [1.807, 2.05) is 0 Å². The molecule has 0 spiro atoms. The van der Waals surface area contributed by atoms with Crippen LogP contribution in [0.2, 0.25) is 0 Å². The molecule has 0 bridgehead atoms. The Morgan fingerprint density at radius 1 is 1.38 bits per heavy atom. The van der Waals surface area contributed by atoms with Crippen molar-refractivity contribution in [1.82, 2.24) is 9.97 Å². The van der Waals surface area contributed by atoms with Gasteiger partial charge in [-0.1, -0.05) is 13.0 Å². The lowest BCUT2D eigenvalue weighted by Gasteiger charge is -2.12. The third kappa shape index (κ3) is 3.70. The summed E-state index contributed by atoms with van der Waals surface area (Å²) in [6.45, 7) is 2.07. The van der Waals surface area contributed by atoms with Gasteiger partial charge in [0.25, 0.3) is 0 Å². The first-order chi connectivity index (χ1) is 10.2. The summed E-state index contributed by atoms with van der Waals surface area (Å²) in [5.74, 6) is 1.98. The number of rotatable bonds is 5. The van der Waals surface area contributed by atoms with Crippen LogP contribution in [0.25, 0.3) is 0 Å². The zero-order valence-corrected chi connectivity index (χ0v) is 13.4. The summed E-state index contributed by atoms with van der Waals surface area (Å²) in [6, 6.07) is 9.22. The highest BCUT2D eigenvalue weighted by molar-refractivity contribution is 9.10. The van der Waals surface area contributed by atoms with E-state index in [2.05, 4.69) is 44.2 Å². The fourth-order valence-corrected chi connectivity index (χ4v) is 2.34. The van der Waals surface area contributed by atoms with Gasteiger partial charge in [0, 0.05) is 12.5 Å². The number of aryl methyl sites for hydroxylation is 1. The average molecular weight is 347 g/mol. The lowest BCUT2D eigenvalue weighted by Crippen LogP contribution is -2.03. The van der Waals surface area contributed by atoms with Crippen molar-refractivity contribution >= 4 is 27.4 Å². The Labute approximate surface area is 132 Å². The van der Waals surface area contributed by atoms with Crippen LogP contribution < -0.4 is 10.1 Å². The summed E-state index contributed by atoms with van der Waals surface area (Å²) in [7, 11) is 1.57. The molecule has 0 unspecified atom stereocenters. The first-order valence-electron chi connectivity index (χ1n) is 6.55. The number of hydrogen-bond acceptors (Lipinski definition) is 5. The van der Waals surface area contributed by atoms with E-state index < -0.39 is 0 Å². The standard InChI is InChI=1S/C15H15BrN4O/c1-3-5-13-18-12(16)8-14(19-13)20-15-10(9-17)6-4-7-11(15)21-2/h4,6-8H,3,5H2,1-2H3,(H,18,19,20). The number of nitrogens with zero attached hydrogens (tertiary/aromatic N) is 3. The molecule has 1 N–H and O–H groups in total. The van der Waals surface area contributed by atoms with Crippen LogP contribution in [0.5, 0.6) is 5.75 Å². The van der Waals surface area contributed by atoms with E-state index in [1.165, 1.54) is 0 Å². The fourth-order valence-electron chi connectivity index (χ4n) is 1.92. The van der Waals surface area contributed by atoms with Crippen LogP contribution in [-0.4, -0.2) is 17.1 Å². The molecule has 0 amide bonds. The normalized spacial score (nSPS) is 10.0. The second-order valence-electron chi connectivity index (χ2n) is 4.36. The molecule has 0 fully saturated rings. The van der Waals surface area contributed by atoms with E-state index in [0.29, 0.717) is 27.4 Å². The van der Waals surface area contributed by atoms with Crippen LogP contribution in [0.3, 0.4) is 0 Å². The topological polar surface area (TPSA) is 70.8 Å². The Morgan fingerprint density at radius 3 is 2.86 bits per heavy atom. The minimum atomic E-state index is 0.501. The molecule has 2 rings (SSSR count). The lowest BCUT2D eigenvalue weighted by molar-refractivity contribution is 0.416. The smallest absolute Gasteiger partial charge is 0.143 e. The number of anilines is 2.